The van der Waals surface area contributed by atoms with Gasteiger partial charge in [0.25, 0.3) is 0 Å². The molecule has 2 heterocycles. The molecule has 0 spiro atoms. The maximum Gasteiger partial charge on any atom is 0.178 e. The predicted octanol–water partition coefficient (Wildman–Crippen LogP) is 4.29. The van der Waals surface area contributed by atoms with Gasteiger partial charge >= 0.3 is 0 Å². The third-order valence-corrected chi connectivity index (χ3v) is 3.68. The lowest BCUT2D eigenvalue weighted by molar-refractivity contribution is 0.436. The van der Waals surface area contributed by atoms with E-state index in [0.717, 1.165) is 5.56 Å². The molecule has 0 saturated heterocycles. The summed E-state index contributed by atoms with van der Waals surface area (Å²) >= 11 is 12.3. The van der Waals surface area contributed by atoms with Crippen LogP contribution in [0.25, 0.3) is 22.5 Å². The van der Waals surface area contributed by atoms with Gasteiger partial charge < -0.3 is 10.3 Å². The van der Waals surface area contributed by atoms with Crippen molar-refractivity contribution in [3.8, 4) is 22.5 Å². The Morgan fingerprint density at radius 2 is 1.95 bits per heavy atom. The highest BCUT2D eigenvalue weighted by Crippen LogP contribution is 2.41. The molecule has 2 aromatic heterocycles. The number of nitrogens with two attached hydrogens (primary N) is 1. The van der Waals surface area contributed by atoms with Crippen molar-refractivity contribution in [2.45, 2.75) is 0 Å². The number of rotatable bonds is 2. The first kappa shape index (κ1) is 13.0. The van der Waals surface area contributed by atoms with Gasteiger partial charge in [-0.1, -0.05) is 40.5 Å². The quantitative estimate of drug-likeness (QED) is 0.767. The van der Waals surface area contributed by atoms with Crippen LogP contribution in [0.1, 0.15) is 0 Å². The molecule has 6 heteroatoms. The molecule has 0 amide bonds. The van der Waals surface area contributed by atoms with Gasteiger partial charge in [0.2, 0.25) is 0 Å². The Labute approximate surface area is 125 Å². The van der Waals surface area contributed by atoms with Crippen molar-refractivity contribution in [2.24, 2.45) is 0 Å². The van der Waals surface area contributed by atoms with Crippen molar-refractivity contribution in [1.29, 1.82) is 0 Å². The lowest BCUT2D eigenvalue weighted by Gasteiger charge is -2.05. The van der Waals surface area contributed by atoms with Gasteiger partial charge in [-0.15, -0.1) is 0 Å². The predicted molar refractivity (Wildman–Crippen MR) is 79.6 cm³/mol. The van der Waals surface area contributed by atoms with E-state index in [2.05, 4.69) is 10.1 Å². The third-order valence-electron chi connectivity index (χ3n) is 2.86. The second kappa shape index (κ2) is 5.15. The van der Waals surface area contributed by atoms with E-state index in [4.69, 9.17) is 33.5 Å². The van der Waals surface area contributed by atoms with E-state index in [1.807, 2.05) is 12.1 Å². The molecular formula is C14H9Cl2N3O. The van der Waals surface area contributed by atoms with Crippen LogP contribution in [0, 0.1) is 0 Å². The van der Waals surface area contributed by atoms with Gasteiger partial charge in [-0.3, -0.25) is 4.98 Å². The second-order valence-corrected chi connectivity index (χ2v) is 4.90. The third kappa shape index (κ3) is 2.13. The molecule has 0 aliphatic heterocycles. The Morgan fingerprint density at radius 3 is 2.70 bits per heavy atom. The lowest BCUT2D eigenvalue weighted by atomic mass is 10.0. The first-order chi connectivity index (χ1) is 9.68. The van der Waals surface area contributed by atoms with E-state index >= 15 is 0 Å². The number of benzene rings is 1. The normalized spacial score (nSPS) is 10.7. The molecule has 0 aliphatic rings. The van der Waals surface area contributed by atoms with Gasteiger partial charge in [0, 0.05) is 23.5 Å². The number of nitrogens with zero attached hydrogens (tertiary/aromatic N) is 2. The number of halogens is 2. The maximum atomic E-state index is 6.22. The van der Waals surface area contributed by atoms with Gasteiger partial charge in [0.05, 0.1) is 15.6 Å². The molecule has 3 aromatic rings. The summed E-state index contributed by atoms with van der Waals surface area (Å²) in [5, 5.41) is 4.65. The van der Waals surface area contributed by atoms with Crippen LogP contribution in [0.2, 0.25) is 10.0 Å². The first-order valence-electron chi connectivity index (χ1n) is 5.78. The molecule has 0 fully saturated rings. The average Bonchev–Trinajstić information content (AvgIpc) is 2.84. The van der Waals surface area contributed by atoms with Crippen LogP contribution in [0.4, 0.5) is 5.82 Å². The van der Waals surface area contributed by atoms with Crippen molar-refractivity contribution < 1.29 is 4.52 Å². The molecule has 0 unspecified atom stereocenters. The number of nitrogen functional groups attached to an aromatic ring is 1. The van der Waals surface area contributed by atoms with Gasteiger partial charge in [-0.25, -0.2) is 0 Å². The van der Waals surface area contributed by atoms with Crippen molar-refractivity contribution in [3.05, 3.63) is 52.8 Å². The molecule has 20 heavy (non-hydrogen) atoms. The van der Waals surface area contributed by atoms with Crippen molar-refractivity contribution >= 4 is 29.0 Å². The van der Waals surface area contributed by atoms with Crippen LogP contribution < -0.4 is 5.73 Å². The topological polar surface area (TPSA) is 64.9 Å². The average molecular weight is 306 g/mol. The van der Waals surface area contributed by atoms with Gasteiger partial charge in [0.1, 0.15) is 0 Å². The summed E-state index contributed by atoms with van der Waals surface area (Å²) in [7, 11) is 0. The highest BCUT2D eigenvalue weighted by Gasteiger charge is 2.20. The summed E-state index contributed by atoms with van der Waals surface area (Å²) < 4.78 is 5.33. The zero-order chi connectivity index (χ0) is 14.1. The fourth-order valence-corrected chi connectivity index (χ4v) is 2.34. The summed E-state index contributed by atoms with van der Waals surface area (Å²) in [5.74, 6) is 0.757. The van der Waals surface area contributed by atoms with Crippen LogP contribution in [-0.4, -0.2) is 10.1 Å². The standard InChI is InChI=1S/C14H9Cl2N3O/c15-10-5-1-4-9(12(10)16)13-11(14(17)19-20-13)8-3-2-6-18-7-8/h1-7H,(H2,17,19). The van der Waals surface area contributed by atoms with Crippen LogP contribution in [0.15, 0.2) is 47.2 Å². The molecule has 0 bridgehead atoms. The molecule has 100 valence electrons. The van der Waals surface area contributed by atoms with E-state index in [1.54, 1.807) is 30.6 Å². The Kier molecular flexibility index (Phi) is 3.34. The van der Waals surface area contributed by atoms with Crippen molar-refractivity contribution in [3.63, 3.8) is 0 Å². The molecule has 0 saturated carbocycles. The van der Waals surface area contributed by atoms with E-state index < -0.39 is 0 Å². The van der Waals surface area contributed by atoms with Gasteiger partial charge in [-0.2, -0.15) is 0 Å². The number of anilines is 1. The fraction of sp³-hybridized carbons (Fsp3) is 0. The zero-order valence-electron chi connectivity index (χ0n) is 10.2. The summed E-state index contributed by atoms with van der Waals surface area (Å²) in [6, 6.07) is 8.98. The molecular weight excluding hydrogens is 297 g/mol. The minimum atomic E-state index is 0.282. The highest BCUT2D eigenvalue weighted by atomic mass is 35.5. The molecule has 2 N–H and O–H groups in total. The largest absolute Gasteiger partial charge is 0.380 e. The molecule has 0 aliphatic carbocycles. The van der Waals surface area contributed by atoms with E-state index in [0.29, 0.717) is 26.9 Å². The summed E-state index contributed by atoms with van der Waals surface area (Å²) in [6.07, 6.45) is 3.37. The minimum Gasteiger partial charge on any atom is -0.380 e. The Hall–Kier alpha value is -2.04. The smallest absolute Gasteiger partial charge is 0.178 e. The van der Waals surface area contributed by atoms with Gasteiger partial charge in [0.15, 0.2) is 11.6 Å². The molecule has 1 aromatic carbocycles. The molecule has 0 radical (unpaired) electrons. The number of pyridine rings is 1. The van der Waals surface area contributed by atoms with Crippen LogP contribution in [-0.2, 0) is 0 Å². The first-order valence-corrected chi connectivity index (χ1v) is 6.54. The number of hydrogen-bond acceptors (Lipinski definition) is 4. The zero-order valence-corrected chi connectivity index (χ0v) is 11.7. The number of aromatic nitrogens is 2. The maximum absolute atomic E-state index is 6.22. The Balaban J connectivity index is 2.24. The monoisotopic (exact) mass is 305 g/mol. The SMILES string of the molecule is Nc1noc(-c2cccc(Cl)c2Cl)c1-c1cccnc1. The fourth-order valence-electron chi connectivity index (χ4n) is 1.96. The second-order valence-electron chi connectivity index (χ2n) is 4.12. The lowest BCUT2D eigenvalue weighted by Crippen LogP contribution is -1.89. The number of hydrogen-bond donors (Lipinski definition) is 1. The van der Waals surface area contributed by atoms with Crippen molar-refractivity contribution in [2.75, 3.05) is 5.73 Å². The molecule has 3 rings (SSSR count). The highest BCUT2D eigenvalue weighted by molar-refractivity contribution is 6.43. The van der Waals surface area contributed by atoms with Gasteiger partial charge in [-0.05, 0) is 18.2 Å². The summed E-state index contributed by atoms with van der Waals surface area (Å²) in [6.45, 7) is 0. The Bertz CT molecular complexity index is 756. The molecule has 0 atom stereocenters. The summed E-state index contributed by atoms with van der Waals surface area (Å²) in [5.41, 5.74) is 7.99. The van der Waals surface area contributed by atoms with E-state index in [1.165, 1.54) is 0 Å². The minimum absolute atomic E-state index is 0.282. The van der Waals surface area contributed by atoms with Crippen LogP contribution in [0.5, 0.6) is 0 Å². The van der Waals surface area contributed by atoms with Crippen LogP contribution in [0.3, 0.4) is 0 Å². The van der Waals surface area contributed by atoms with Crippen molar-refractivity contribution in [1.82, 2.24) is 10.1 Å². The van der Waals surface area contributed by atoms with E-state index in [9.17, 15) is 0 Å². The summed E-state index contributed by atoms with van der Waals surface area (Å²) in [4.78, 5) is 4.07. The van der Waals surface area contributed by atoms with Crippen LogP contribution >= 0.6 is 23.2 Å². The molecule has 4 nitrogen and oxygen atoms in total. The Morgan fingerprint density at radius 1 is 1.10 bits per heavy atom. The van der Waals surface area contributed by atoms with E-state index in [-0.39, 0.29) is 5.82 Å².